The number of aliphatic carboxylic acids is 2. The normalized spacial score (nSPS) is 12.4. The molecule has 0 aromatic rings. The summed E-state index contributed by atoms with van der Waals surface area (Å²) in [5.41, 5.74) is 5.14. The zero-order valence-corrected chi connectivity index (χ0v) is 17.9. The van der Waals surface area contributed by atoms with E-state index in [2.05, 4.69) is 16.0 Å². The van der Waals surface area contributed by atoms with Crippen molar-refractivity contribution >= 4 is 35.6 Å². The van der Waals surface area contributed by atoms with Crippen LogP contribution in [0.15, 0.2) is 0 Å². The maximum Gasteiger partial charge on any atom is 0.326 e. The summed E-state index contributed by atoms with van der Waals surface area (Å²) in [5.74, 6) is -5.30. The smallest absolute Gasteiger partial charge is 0.326 e. The van der Waals surface area contributed by atoms with E-state index in [4.69, 9.17) is 21.4 Å². The van der Waals surface area contributed by atoms with Gasteiger partial charge in [-0.1, -0.05) is 13.8 Å². The predicted molar refractivity (Wildman–Crippen MR) is 110 cm³/mol. The molecular weight excluding hydrogens is 412 g/mol. The van der Waals surface area contributed by atoms with Gasteiger partial charge in [-0.15, -0.1) is 0 Å². The highest BCUT2D eigenvalue weighted by Crippen LogP contribution is 2.04. The van der Waals surface area contributed by atoms with E-state index in [9.17, 15) is 24.0 Å². The highest BCUT2D eigenvalue weighted by Gasteiger charge is 2.30. The summed E-state index contributed by atoms with van der Waals surface area (Å²) in [7, 11) is 1.39. The molecule has 31 heavy (non-hydrogen) atoms. The van der Waals surface area contributed by atoms with Crippen LogP contribution < -0.4 is 21.7 Å². The Morgan fingerprint density at radius 1 is 1.06 bits per heavy atom. The number of rotatable bonds is 14. The summed E-state index contributed by atoms with van der Waals surface area (Å²) < 4.78 is 0. The number of nitrogens with two attached hydrogens (primary N) is 1. The van der Waals surface area contributed by atoms with Gasteiger partial charge in [-0.25, -0.2) is 4.79 Å². The number of carbonyl (C=O) groups is 5. The molecule has 0 aromatic heterocycles. The lowest BCUT2D eigenvalue weighted by molar-refractivity contribution is -0.144. The zero-order chi connectivity index (χ0) is 24.1. The lowest BCUT2D eigenvalue weighted by Crippen LogP contribution is -2.54. The van der Waals surface area contributed by atoms with Gasteiger partial charge >= 0.3 is 11.9 Å². The first-order chi connectivity index (χ1) is 14.3. The van der Waals surface area contributed by atoms with Gasteiger partial charge in [-0.05, 0) is 18.8 Å². The largest absolute Gasteiger partial charge is 0.481 e. The molecule has 176 valence electrons. The number of nitrogens with zero attached hydrogens (tertiary/aromatic N) is 1. The van der Waals surface area contributed by atoms with E-state index in [0.29, 0.717) is 19.4 Å². The van der Waals surface area contributed by atoms with Crippen molar-refractivity contribution in [2.45, 2.75) is 51.6 Å². The Hall–Kier alpha value is -3.38. The molecule has 2 atom stereocenters. The van der Waals surface area contributed by atoms with E-state index < -0.39 is 54.7 Å². The van der Waals surface area contributed by atoms with E-state index >= 15 is 0 Å². The molecular formula is C18H32N6O7. The first-order valence-corrected chi connectivity index (χ1v) is 9.71. The van der Waals surface area contributed by atoms with Gasteiger partial charge in [0.1, 0.15) is 12.1 Å². The number of hydrogen-bond donors (Lipinski definition) is 7. The van der Waals surface area contributed by atoms with E-state index in [1.807, 2.05) is 0 Å². The second-order valence-electron chi connectivity index (χ2n) is 7.33. The molecule has 0 aliphatic carbocycles. The van der Waals surface area contributed by atoms with Gasteiger partial charge in [0, 0.05) is 20.0 Å². The van der Waals surface area contributed by atoms with E-state index in [0.717, 1.165) is 4.90 Å². The second-order valence-corrected chi connectivity index (χ2v) is 7.33. The fourth-order valence-corrected chi connectivity index (χ4v) is 2.51. The number of carboxylic acids is 2. The van der Waals surface area contributed by atoms with Gasteiger partial charge in [0.25, 0.3) is 0 Å². The quantitative estimate of drug-likeness (QED) is 0.0920. The van der Waals surface area contributed by atoms with Crippen LogP contribution in [0.5, 0.6) is 0 Å². The number of amides is 3. The first-order valence-electron chi connectivity index (χ1n) is 9.71. The number of likely N-dealkylation sites (N-methyl/N-ethyl adjacent to an activating group) is 1. The third-order valence-corrected chi connectivity index (χ3v) is 4.20. The summed E-state index contributed by atoms with van der Waals surface area (Å²) in [5, 5.41) is 32.3. The van der Waals surface area contributed by atoms with Crippen molar-refractivity contribution in [3.8, 4) is 0 Å². The van der Waals surface area contributed by atoms with Crippen molar-refractivity contribution in [3.63, 3.8) is 0 Å². The van der Waals surface area contributed by atoms with Crippen LogP contribution in [0.3, 0.4) is 0 Å². The third-order valence-electron chi connectivity index (χ3n) is 4.20. The maximum absolute atomic E-state index is 12.3. The Morgan fingerprint density at radius 3 is 2.16 bits per heavy atom. The Bertz CT molecular complexity index is 682. The molecule has 0 spiro atoms. The van der Waals surface area contributed by atoms with Crippen molar-refractivity contribution in [2.75, 3.05) is 20.1 Å². The Balaban J connectivity index is 4.77. The number of carboxylic acid groups (broad SMARTS) is 2. The number of unbranched alkanes of at least 4 members (excludes halogenated alkanes) is 1. The molecule has 13 heteroatoms. The summed E-state index contributed by atoms with van der Waals surface area (Å²) in [4.78, 5) is 60.1. The Kier molecular flexibility index (Phi) is 12.3. The van der Waals surface area contributed by atoms with Crippen molar-refractivity contribution in [2.24, 2.45) is 11.7 Å². The molecule has 0 rings (SSSR count). The molecule has 13 nitrogen and oxygen atoms in total. The summed E-state index contributed by atoms with van der Waals surface area (Å²) in [6.07, 6.45) is 0.494. The van der Waals surface area contributed by atoms with Crippen molar-refractivity contribution in [1.82, 2.24) is 20.9 Å². The van der Waals surface area contributed by atoms with E-state index in [-0.39, 0.29) is 18.3 Å². The summed E-state index contributed by atoms with van der Waals surface area (Å²) in [6.45, 7) is 3.17. The molecule has 0 radical (unpaired) electrons. The number of nitrogens with one attached hydrogen (secondary N) is 4. The molecule has 0 aliphatic rings. The lowest BCUT2D eigenvalue weighted by atomic mass is 10.0. The molecule has 0 aromatic carbocycles. The highest BCUT2D eigenvalue weighted by atomic mass is 16.4. The van der Waals surface area contributed by atoms with Crippen LogP contribution in [0.2, 0.25) is 0 Å². The van der Waals surface area contributed by atoms with Gasteiger partial charge in [0.05, 0.1) is 13.0 Å². The fourth-order valence-electron chi connectivity index (χ4n) is 2.51. The molecule has 3 amide bonds. The van der Waals surface area contributed by atoms with Gasteiger partial charge in [0.2, 0.25) is 17.7 Å². The maximum atomic E-state index is 12.3. The van der Waals surface area contributed by atoms with Gasteiger partial charge in [-0.2, -0.15) is 0 Å². The Morgan fingerprint density at radius 2 is 1.68 bits per heavy atom. The average Bonchev–Trinajstić information content (AvgIpc) is 2.63. The highest BCUT2D eigenvalue weighted by molar-refractivity contribution is 5.94. The molecule has 0 unspecified atom stereocenters. The monoisotopic (exact) mass is 444 g/mol. The van der Waals surface area contributed by atoms with E-state index in [1.165, 1.54) is 7.05 Å². The molecule has 8 N–H and O–H groups in total. The minimum absolute atomic E-state index is 0.150. The molecule has 0 fully saturated rings. The Labute approximate surface area is 180 Å². The van der Waals surface area contributed by atoms with Gasteiger partial charge < -0.3 is 36.8 Å². The third kappa shape index (κ3) is 12.0. The van der Waals surface area contributed by atoms with Gasteiger partial charge in [0.15, 0.2) is 5.96 Å². The van der Waals surface area contributed by atoms with Gasteiger partial charge in [-0.3, -0.25) is 24.6 Å². The molecule has 0 bridgehead atoms. The molecule has 0 heterocycles. The van der Waals surface area contributed by atoms with Crippen LogP contribution >= 0.6 is 0 Å². The van der Waals surface area contributed by atoms with Crippen LogP contribution in [0.4, 0.5) is 0 Å². The molecule has 0 aliphatic heterocycles. The van der Waals surface area contributed by atoms with Crippen molar-refractivity contribution < 1.29 is 34.2 Å². The minimum Gasteiger partial charge on any atom is -0.481 e. The van der Waals surface area contributed by atoms with E-state index in [1.54, 1.807) is 13.8 Å². The fraction of sp³-hybridized carbons (Fsp3) is 0.667. The van der Waals surface area contributed by atoms with Crippen LogP contribution in [-0.2, 0) is 24.0 Å². The topological polar surface area (TPSA) is 215 Å². The molecule has 0 saturated carbocycles. The van der Waals surface area contributed by atoms with Crippen LogP contribution in [-0.4, -0.2) is 83.0 Å². The molecule has 0 saturated heterocycles. The second kappa shape index (κ2) is 13.8. The number of hydrogen-bond acceptors (Lipinski definition) is 6. The zero-order valence-electron chi connectivity index (χ0n) is 17.9. The summed E-state index contributed by atoms with van der Waals surface area (Å²) >= 11 is 0. The van der Waals surface area contributed by atoms with Crippen molar-refractivity contribution in [3.05, 3.63) is 0 Å². The standard InChI is InChI=1S/C18H32N6O7/c1-10(2)15(17(30)31)23-16(29)11(8-14(27)28)22-12(25)9-24(3)13(26)6-4-5-7-21-18(19)20/h10-11,15H,4-9H2,1-3H3,(H,22,25)(H,23,29)(H,27,28)(H,30,31)(H4,19,20,21)/t11-,15-/m0/s1. The van der Waals surface area contributed by atoms with Crippen LogP contribution in [0.1, 0.15) is 39.5 Å². The van der Waals surface area contributed by atoms with Crippen LogP contribution in [0.25, 0.3) is 0 Å². The van der Waals surface area contributed by atoms with Crippen molar-refractivity contribution in [1.29, 1.82) is 5.41 Å². The average molecular weight is 444 g/mol. The van der Waals surface area contributed by atoms with Crippen LogP contribution in [0, 0.1) is 11.3 Å². The summed E-state index contributed by atoms with van der Waals surface area (Å²) in [6, 6.07) is -2.74. The number of carbonyl (C=O) groups excluding carboxylic acids is 3. The minimum atomic E-state index is -1.49. The predicted octanol–water partition coefficient (Wildman–Crippen LogP) is -1.72. The lowest BCUT2D eigenvalue weighted by Gasteiger charge is -2.23. The number of guanidine groups is 1. The SMILES string of the molecule is CC(C)[C@H](NC(=O)[C@H](CC(=O)O)NC(=O)CN(C)C(=O)CCCCNC(=N)N)C(=O)O. The first kappa shape index (κ1) is 27.6.